The molecule has 112 valence electrons. The zero-order valence-electron chi connectivity index (χ0n) is 12.3. The number of pyridine rings is 1. The maximum atomic E-state index is 12.4. The Morgan fingerprint density at radius 1 is 1.23 bits per heavy atom. The van der Waals surface area contributed by atoms with Crippen molar-refractivity contribution in [1.82, 2.24) is 4.98 Å². The molecule has 0 saturated carbocycles. The van der Waals surface area contributed by atoms with Gasteiger partial charge in [-0.15, -0.1) is 0 Å². The van der Waals surface area contributed by atoms with E-state index in [0.29, 0.717) is 12.4 Å². The van der Waals surface area contributed by atoms with E-state index in [-0.39, 0.29) is 24.2 Å². The molecule has 2 amide bonds. The fraction of sp³-hybridized carbons (Fsp3) is 0.235. The fourth-order valence-electron chi connectivity index (χ4n) is 2.58. The van der Waals surface area contributed by atoms with Crippen LogP contribution in [-0.4, -0.2) is 23.3 Å². The minimum atomic E-state index is -0.353. The Balaban J connectivity index is 1.71. The van der Waals surface area contributed by atoms with Gasteiger partial charge in [0.05, 0.1) is 5.92 Å². The van der Waals surface area contributed by atoms with E-state index in [1.165, 1.54) is 0 Å². The quantitative estimate of drug-likeness (QED) is 0.945. The van der Waals surface area contributed by atoms with E-state index in [1.54, 1.807) is 11.1 Å². The normalized spacial score (nSPS) is 17.6. The Kier molecular flexibility index (Phi) is 3.87. The van der Waals surface area contributed by atoms with Gasteiger partial charge in [-0.25, -0.2) is 4.98 Å². The first-order valence-electron chi connectivity index (χ1n) is 7.23. The minimum Gasteiger partial charge on any atom is -0.312 e. The lowest BCUT2D eigenvalue weighted by atomic mass is 10.1. The third kappa shape index (κ3) is 2.83. The summed E-state index contributed by atoms with van der Waals surface area (Å²) in [5.41, 5.74) is 1.73. The Hall–Kier alpha value is -2.69. The summed E-state index contributed by atoms with van der Waals surface area (Å²) in [4.78, 5) is 30.3. The van der Waals surface area contributed by atoms with Gasteiger partial charge in [-0.1, -0.05) is 24.3 Å². The summed E-state index contributed by atoms with van der Waals surface area (Å²) < 4.78 is 0. The number of para-hydroxylation sites is 1. The SMILES string of the molecule is Cc1cccnc1NC(=O)[C@H]1CC(=O)N(c2ccccc2)C1. The molecular formula is C17H17N3O2. The van der Waals surface area contributed by atoms with E-state index < -0.39 is 0 Å². The van der Waals surface area contributed by atoms with Gasteiger partial charge in [-0.3, -0.25) is 9.59 Å². The second-order valence-corrected chi connectivity index (χ2v) is 5.40. The lowest BCUT2D eigenvalue weighted by Gasteiger charge is -2.16. The number of benzene rings is 1. The summed E-state index contributed by atoms with van der Waals surface area (Å²) >= 11 is 0. The summed E-state index contributed by atoms with van der Waals surface area (Å²) in [6.45, 7) is 2.29. The van der Waals surface area contributed by atoms with Crippen LogP contribution in [0.25, 0.3) is 0 Å². The number of nitrogens with zero attached hydrogens (tertiary/aromatic N) is 2. The van der Waals surface area contributed by atoms with Gasteiger partial charge < -0.3 is 10.2 Å². The van der Waals surface area contributed by atoms with Gasteiger partial charge in [-0.05, 0) is 30.7 Å². The van der Waals surface area contributed by atoms with Crippen molar-refractivity contribution in [3.63, 3.8) is 0 Å². The van der Waals surface area contributed by atoms with E-state index in [0.717, 1.165) is 11.3 Å². The molecule has 2 aromatic rings. The molecule has 5 nitrogen and oxygen atoms in total. The maximum absolute atomic E-state index is 12.4. The molecule has 22 heavy (non-hydrogen) atoms. The summed E-state index contributed by atoms with van der Waals surface area (Å²) in [5.74, 6) is 0.0184. The summed E-state index contributed by atoms with van der Waals surface area (Å²) in [6, 6.07) is 13.1. The third-order valence-electron chi connectivity index (χ3n) is 3.81. The van der Waals surface area contributed by atoms with E-state index >= 15 is 0 Å². The second kappa shape index (κ2) is 5.97. The van der Waals surface area contributed by atoms with Crippen molar-refractivity contribution in [2.75, 3.05) is 16.8 Å². The number of carbonyl (C=O) groups excluding carboxylic acids is 2. The van der Waals surface area contributed by atoms with Crippen molar-refractivity contribution in [3.05, 3.63) is 54.2 Å². The molecular weight excluding hydrogens is 278 g/mol. The Bertz CT molecular complexity index is 700. The van der Waals surface area contributed by atoms with Crippen LogP contribution in [0.15, 0.2) is 48.7 Å². The van der Waals surface area contributed by atoms with Gasteiger partial charge >= 0.3 is 0 Å². The van der Waals surface area contributed by atoms with Crippen LogP contribution in [0.2, 0.25) is 0 Å². The monoisotopic (exact) mass is 295 g/mol. The van der Waals surface area contributed by atoms with Gasteiger partial charge in [-0.2, -0.15) is 0 Å². The number of hydrogen-bond acceptors (Lipinski definition) is 3. The fourth-order valence-corrected chi connectivity index (χ4v) is 2.58. The number of nitrogens with one attached hydrogen (secondary N) is 1. The third-order valence-corrected chi connectivity index (χ3v) is 3.81. The van der Waals surface area contributed by atoms with Gasteiger partial charge in [0.25, 0.3) is 0 Å². The Morgan fingerprint density at radius 2 is 2.00 bits per heavy atom. The van der Waals surface area contributed by atoms with E-state index in [4.69, 9.17) is 0 Å². The highest BCUT2D eigenvalue weighted by Crippen LogP contribution is 2.25. The van der Waals surface area contributed by atoms with Crippen LogP contribution in [-0.2, 0) is 9.59 Å². The lowest BCUT2D eigenvalue weighted by molar-refractivity contribution is -0.122. The van der Waals surface area contributed by atoms with E-state index in [9.17, 15) is 9.59 Å². The molecule has 1 N–H and O–H groups in total. The molecule has 1 aliphatic rings. The van der Waals surface area contributed by atoms with E-state index in [1.807, 2.05) is 49.4 Å². The zero-order chi connectivity index (χ0) is 15.5. The molecule has 0 radical (unpaired) electrons. The van der Waals surface area contributed by atoms with Crippen LogP contribution in [0.1, 0.15) is 12.0 Å². The number of hydrogen-bond donors (Lipinski definition) is 1. The van der Waals surface area contributed by atoms with Crippen molar-refractivity contribution < 1.29 is 9.59 Å². The molecule has 0 unspecified atom stereocenters. The molecule has 1 atom stereocenters. The number of rotatable bonds is 3. The Morgan fingerprint density at radius 3 is 2.73 bits per heavy atom. The topological polar surface area (TPSA) is 62.3 Å². The number of anilines is 2. The molecule has 1 aromatic heterocycles. The van der Waals surface area contributed by atoms with E-state index in [2.05, 4.69) is 10.3 Å². The number of amides is 2. The predicted octanol–water partition coefficient (Wildman–Crippen LogP) is 2.38. The van der Waals surface area contributed by atoms with Gasteiger partial charge in [0.15, 0.2) is 0 Å². The van der Waals surface area contributed by atoms with Crippen molar-refractivity contribution >= 4 is 23.3 Å². The first-order chi connectivity index (χ1) is 10.6. The van der Waals surface area contributed by atoms with Crippen molar-refractivity contribution in [2.24, 2.45) is 5.92 Å². The summed E-state index contributed by atoms with van der Waals surface area (Å²) in [5, 5.41) is 2.82. The molecule has 5 heteroatoms. The van der Waals surface area contributed by atoms with Crippen LogP contribution in [0.3, 0.4) is 0 Å². The molecule has 0 aliphatic carbocycles. The van der Waals surface area contributed by atoms with Crippen LogP contribution in [0.5, 0.6) is 0 Å². The smallest absolute Gasteiger partial charge is 0.230 e. The van der Waals surface area contributed by atoms with Crippen molar-refractivity contribution in [1.29, 1.82) is 0 Å². The largest absolute Gasteiger partial charge is 0.312 e. The molecule has 3 rings (SSSR count). The van der Waals surface area contributed by atoms with Crippen molar-refractivity contribution in [2.45, 2.75) is 13.3 Å². The number of aryl methyl sites for hydroxylation is 1. The highest BCUT2D eigenvalue weighted by molar-refractivity contribution is 6.03. The zero-order valence-corrected chi connectivity index (χ0v) is 12.3. The van der Waals surface area contributed by atoms with Gasteiger partial charge in [0.2, 0.25) is 11.8 Å². The highest BCUT2D eigenvalue weighted by Gasteiger charge is 2.35. The van der Waals surface area contributed by atoms with Gasteiger partial charge in [0.1, 0.15) is 5.82 Å². The first kappa shape index (κ1) is 14.3. The van der Waals surface area contributed by atoms with Crippen LogP contribution >= 0.6 is 0 Å². The minimum absolute atomic E-state index is 0.0240. The molecule has 0 spiro atoms. The number of aromatic nitrogens is 1. The number of carbonyl (C=O) groups is 2. The van der Waals surface area contributed by atoms with Crippen LogP contribution < -0.4 is 10.2 Å². The highest BCUT2D eigenvalue weighted by atomic mass is 16.2. The molecule has 1 saturated heterocycles. The van der Waals surface area contributed by atoms with Crippen LogP contribution in [0, 0.1) is 12.8 Å². The average Bonchev–Trinajstić information content (AvgIpc) is 2.92. The summed E-state index contributed by atoms with van der Waals surface area (Å²) in [7, 11) is 0. The maximum Gasteiger partial charge on any atom is 0.230 e. The molecule has 2 heterocycles. The second-order valence-electron chi connectivity index (χ2n) is 5.40. The molecule has 1 fully saturated rings. The summed E-state index contributed by atoms with van der Waals surface area (Å²) in [6.07, 6.45) is 1.87. The average molecular weight is 295 g/mol. The standard InChI is InChI=1S/C17H17N3O2/c1-12-6-5-9-18-16(12)19-17(22)13-10-15(21)20(11-13)14-7-3-2-4-8-14/h2-9,13H,10-11H2,1H3,(H,18,19,22)/t13-/m0/s1. The molecule has 0 bridgehead atoms. The Labute approximate surface area is 129 Å². The first-order valence-corrected chi connectivity index (χ1v) is 7.23. The predicted molar refractivity (Wildman–Crippen MR) is 84.5 cm³/mol. The lowest BCUT2D eigenvalue weighted by Crippen LogP contribution is -2.28. The van der Waals surface area contributed by atoms with Gasteiger partial charge in [0, 0.05) is 24.8 Å². The molecule has 1 aromatic carbocycles. The molecule has 1 aliphatic heterocycles. The van der Waals surface area contributed by atoms with Crippen molar-refractivity contribution in [3.8, 4) is 0 Å². The van der Waals surface area contributed by atoms with Crippen LogP contribution in [0.4, 0.5) is 11.5 Å².